The number of rotatable bonds is 2. The van der Waals surface area contributed by atoms with E-state index in [1.54, 1.807) is 26.1 Å². The minimum atomic E-state index is -0.355. The fourth-order valence-corrected chi connectivity index (χ4v) is 1.44. The van der Waals surface area contributed by atoms with Crippen molar-refractivity contribution in [2.75, 3.05) is 12.4 Å². The van der Waals surface area contributed by atoms with E-state index < -0.39 is 0 Å². The highest BCUT2D eigenvalue weighted by Gasteiger charge is 2.11. The Hall–Kier alpha value is -0.900. The molecule has 1 aromatic carbocycles. The molecule has 2 N–H and O–H groups in total. The summed E-state index contributed by atoms with van der Waals surface area (Å²) in [4.78, 5) is 0. The van der Waals surface area contributed by atoms with E-state index in [2.05, 4.69) is 21.2 Å². The van der Waals surface area contributed by atoms with Crippen LogP contribution in [0.4, 0.5) is 10.1 Å². The number of hydrogen-bond donors (Lipinski definition) is 2. The first-order valence-electron chi connectivity index (χ1n) is 4.79. The molecule has 0 aliphatic carbocycles. The minimum Gasteiger partial charge on any atom is -0.385 e. The highest BCUT2D eigenvalue weighted by atomic mass is 79.9. The molecule has 15 heavy (non-hydrogen) atoms. The summed E-state index contributed by atoms with van der Waals surface area (Å²) in [7, 11) is 1.64. The molecule has 2 nitrogen and oxygen atoms in total. The van der Waals surface area contributed by atoms with Crippen LogP contribution >= 0.6 is 15.9 Å². The van der Waals surface area contributed by atoms with Crippen LogP contribution in [0.5, 0.6) is 0 Å². The summed E-state index contributed by atoms with van der Waals surface area (Å²) in [6.07, 6.45) is 0. The average Bonchev–Trinajstić information content (AvgIpc) is 2.24. The standard InChI is InChI=1S/C9H10BrFN2.C2H6/c1-5(12)6-3-4-7(10)8(11)9(6)13-2;1-2/h3-4,12-13H,1-2H3;1-2H3. The Labute approximate surface area is 98.5 Å². The second-order valence-electron chi connectivity index (χ2n) is 2.66. The lowest BCUT2D eigenvalue weighted by atomic mass is 10.1. The monoisotopic (exact) mass is 274 g/mol. The SMILES string of the molecule is CC.CNc1c(C(C)=N)ccc(Br)c1F. The van der Waals surface area contributed by atoms with Crippen LogP contribution in [0.1, 0.15) is 26.3 Å². The summed E-state index contributed by atoms with van der Waals surface area (Å²) >= 11 is 3.08. The summed E-state index contributed by atoms with van der Waals surface area (Å²) in [5.74, 6) is -0.355. The van der Waals surface area contributed by atoms with E-state index in [0.717, 1.165) is 0 Å². The van der Waals surface area contributed by atoms with E-state index in [1.807, 2.05) is 13.8 Å². The van der Waals surface area contributed by atoms with Crippen molar-refractivity contribution in [2.24, 2.45) is 0 Å². The summed E-state index contributed by atoms with van der Waals surface area (Å²) in [6, 6.07) is 3.31. The molecule has 4 heteroatoms. The number of benzene rings is 1. The van der Waals surface area contributed by atoms with Crippen molar-refractivity contribution in [1.29, 1.82) is 5.41 Å². The van der Waals surface area contributed by atoms with Crippen LogP contribution in [0.25, 0.3) is 0 Å². The van der Waals surface area contributed by atoms with Gasteiger partial charge in [-0.05, 0) is 35.0 Å². The average molecular weight is 275 g/mol. The number of anilines is 1. The maximum Gasteiger partial charge on any atom is 0.161 e. The van der Waals surface area contributed by atoms with Gasteiger partial charge in [-0.15, -0.1) is 0 Å². The van der Waals surface area contributed by atoms with Crippen molar-refractivity contribution >= 4 is 27.3 Å². The van der Waals surface area contributed by atoms with E-state index in [-0.39, 0.29) is 5.82 Å². The molecule has 0 amide bonds. The Morgan fingerprint density at radius 2 is 1.93 bits per heavy atom. The van der Waals surface area contributed by atoms with Gasteiger partial charge in [0.1, 0.15) is 0 Å². The third-order valence-corrected chi connectivity index (χ3v) is 2.36. The van der Waals surface area contributed by atoms with Crippen LogP contribution in [0.2, 0.25) is 0 Å². The van der Waals surface area contributed by atoms with Crippen molar-refractivity contribution in [2.45, 2.75) is 20.8 Å². The van der Waals surface area contributed by atoms with E-state index in [9.17, 15) is 4.39 Å². The van der Waals surface area contributed by atoms with Crippen LogP contribution in [-0.2, 0) is 0 Å². The van der Waals surface area contributed by atoms with Crippen molar-refractivity contribution in [1.82, 2.24) is 0 Å². The first kappa shape index (κ1) is 14.1. The summed E-state index contributed by atoms with van der Waals surface area (Å²) in [5.41, 5.74) is 1.29. The largest absolute Gasteiger partial charge is 0.385 e. The van der Waals surface area contributed by atoms with Crippen LogP contribution in [0.3, 0.4) is 0 Å². The molecule has 0 saturated carbocycles. The van der Waals surface area contributed by atoms with E-state index in [0.29, 0.717) is 21.4 Å². The van der Waals surface area contributed by atoms with Gasteiger partial charge in [0, 0.05) is 18.3 Å². The molecule has 0 aromatic heterocycles. The molecule has 0 heterocycles. The fraction of sp³-hybridized carbons (Fsp3) is 0.364. The lowest BCUT2D eigenvalue weighted by molar-refractivity contribution is 0.624. The number of hydrogen-bond acceptors (Lipinski definition) is 2. The van der Waals surface area contributed by atoms with Crippen LogP contribution in [0, 0.1) is 11.2 Å². The second kappa shape index (κ2) is 6.56. The molecule has 0 spiro atoms. The molecular weight excluding hydrogens is 259 g/mol. The minimum absolute atomic E-state index is 0.343. The van der Waals surface area contributed by atoms with Crippen molar-refractivity contribution in [3.8, 4) is 0 Å². The van der Waals surface area contributed by atoms with Crippen LogP contribution < -0.4 is 5.32 Å². The van der Waals surface area contributed by atoms with Gasteiger partial charge in [-0.1, -0.05) is 13.8 Å². The van der Waals surface area contributed by atoms with Crippen LogP contribution in [0.15, 0.2) is 16.6 Å². The first-order chi connectivity index (χ1) is 7.07. The number of nitrogens with one attached hydrogen (secondary N) is 2. The highest BCUT2D eigenvalue weighted by molar-refractivity contribution is 9.10. The lowest BCUT2D eigenvalue weighted by Gasteiger charge is -2.09. The van der Waals surface area contributed by atoms with Gasteiger partial charge in [-0.3, -0.25) is 0 Å². The molecule has 1 rings (SSSR count). The van der Waals surface area contributed by atoms with Gasteiger partial charge in [0.2, 0.25) is 0 Å². The molecule has 0 bridgehead atoms. The highest BCUT2D eigenvalue weighted by Crippen LogP contribution is 2.26. The predicted molar refractivity (Wildman–Crippen MR) is 67.5 cm³/mol. The molecule has 0 unspecified atom stereocenters. The Morgan fingerprint density at radius 1 is 1.40 bits per heavy atom. The van der Waals surface area contributed by atoms with Gasteiger partial charge in [0.25, 0.3) is 0 Å². The first-order valence-corrected chi connectivity index (χ1v) is 5.58. The topological polar surface area (TPSA) is 35.9 Å². The van der Waals surface area contributed by atoms with Crippen molar-refractivity contribution in [3.63, 3.8) is 0 Å². The smallest absolute Gasteiger partial charge is 0.161 e. The van der Waals surface area contributed by atoms with Gasteiger partial charge in [-0.25, -0.2) is 4.39 Å². The normalized spacial score (nSPS) is 8.93. The molecule has 0 aliphatic heterocycles. The van der Waals surface area contributed by atoms with Crippen molar-refractivity contribution < 1.29 is 4.39 Å². The molecule has 0 atom stereocenters. The molecule has 1 aromatic rings. The van der Waals surface area contributed by atoms with Crippen molar-refractivity contribution in [3.05, 3.63) is 28.0 Å². The van der Waals surface area contributed by atoms with E-state index in [1.165, 1.54) is 0 Å². The molecule has 0 radical (unpaired) electrons. The van der Waals surface area contributed by atoms with E-state index >= 15 is 0 Å². The third kappa shape index (κ3) is 3.30. The lowest BCUT2D eigenvalue weighted by Crippen LogP contribution is -2.03. The molecular formula is C11H16BrFN2. The molecule has 0 aliphatic rings. The fourth-order valence-electron chi connectivity index (χ4n) is 1.11. The van der Waals surface area contributed by atoms with Gasteiger partial charge in [0.05, 0.1) is 10.2 Å². The van der Waals surface area contributed by atoms with Gasteiger partial charge in [-0.2, -0.15) is 0 Å². The zero-order chi connectivity index (χ0) is 12.0. The summed E-state index contributed by atoms with van der Waals surface area (Å²) in [6.45, 7) is 5.63. The zero-order valence-electron chi connectivity index (χ0n) is 9.41. The Bertz CT molecular complexity index is 351. The number of halogens is 2. The molecule has 0 fully saturated rings. The zero-order valence-corrected chi connectivity index (χ0v) is 11.0. The molecule has 0 saturated heterocycles. The third-order valence-electron chi connectivity index (χ3n) is 1.75. The molecule has 84 valence electrons. The van der Waals surface area contributed by atoms with E-state index in [4.69, 9.17) is 5.41 Å². The Morgan fingerprint density at radius 3 is 2.33 bits per heavy atom. The Balaban J connectivity index is 0.000000921. The maximum atomic E-state index is 13.4. The van der Waals surface area contributed by atoms with Crippen LogP contribution in [-0.4, -0.2) is 12.8 Å². The summed E-state index contributed by atoms with van der Waals surface area (Å²) in [5, 5.41) is 10.2. The van der Waals surface area contributed by atoms with Gasteiger partial charge in [0.15, 0.2) is 5.82 Å². The van der Waals surface area contributed by atoms with Gasteiger partial charge >= 0.3 is 0 Å². The summed E-state index contributed by atoms with van der Waals surface area (Å²) < 4.78 is 13.8. The Kier molecular flexibility index (Phi) is 6.17. The predicted octanol–water partition coefficient (Wildman–Crippen LogP) is 4.04. The second-order valence-corrected chi connectivity index (χ2v) is 3.51. The quantitative estimate of drug-likeness (QED) is 0.785. The van der Waals surface area contributed by atoms with Gasteiger partial charge < -0.3 is 10.7 Å². The maximum absolute atomic E-state index is 13.4.